The Bertz CT molecular complexity index is 744. The molecular weight excluding hydrogens is 306 g/mol. The summed E-state index contributed by atoms with van der Waals surface area (Å²) in [6.45, 7) is 0.0134. The van der Waals surface area contributed by atoms with Gasteiger partial charge in [0, 0.05) is 6.54 Å². The molecule has 2 aromatic rings. The number of amides is 1. The van der Waals surface area contributed by atoms with E-state index < -0.39 is 18.5 Å². The maximum atomic E-state index is 11.7. The van der Waals surface area contributed by atoms with Gasteiger partial charge in [-0.2, -0.15) is 4.98 Å². The van der Waals surface area contributed by atoms with Gasteiger partial charge in [-0.15, -0.1) is 5.10 Å². The lowest BCUT2D eigenvalue weighted by Crippen LogP contribution is -2.28. The van der Waals surface area contributed by atoms with Crippen LogP contribution in [0.4, 0.5) is 5.95 Å². The third kappa shape index (κ3) is 3.48. The zero-order chi connectivity index (χ0) is 16.2. The fraction of sp³-hybridized carbons (Fsp3) is 0.231. The fourth-order valence-corrected chi connectivity index (χ4v) is 1.87. The molecule has 1 aliphatic heterocycles. The van der Waals surface area contributed by atoms with Gasteiger partial charge in [0.1, 0.15) is 0 Å². The Morgan fingerprint density at radius 1 is 1.35 bits per heavy atom. The fourth-order valence-electron chi connectivity index (χ4n) is 1.87. The SMILES string of the molecule is Nc1n[nH]c(C(=O)OCC(=O)NCc2ccc3c(c2)OCO3)n1. The molecule has 0 saturated carbocycles. The number of esters is 1. The monoisotopic (exact) mass is 319 g/mol. The number of carbonyl (C=O) groups excluding carboxylic acids is 2. The summed E-state index contributed by atoms with van der Waals surface area (Å²) >= 11 is 0. The lowest BCUT2D eigenvalue weighted by molar-refractivity contribution is -0.124. The Kier molecular flexibility index (Phi) is 3.95. The van der Waals surface area contributed by atoms with Crippen LogP contribution in [0.15, 0.2) is 18.2 Å². The molecule has 1 aromatic heterocycles. The van der Waals surface area contributed by atoms with Gasteiger partial charge in [-0.25, -0.2) is 4.79 Å². The van der Waals surface area contributed by atoms with Crippen molar-refractivity contribution in [2.75, 3.05) is 19.1 Å². The molecule has 0 atom stereocenters. The third-order valence-corrected chi connectivity index (χ3v) is 2.96. The minimum atomic E-state index is -0.813. The van der Waals surface area contributed by atoms with Crippen LogP contribution in [0.1, 0.15) is 16.2 Å². The van der Waals surface area contributed by atoms with Crippen molar-refractivity contribution in [2.24, 2.45) is 0 Å². The van der Waals surface area contributed by atoms with Gasteiger partial charge in [-0.3, -0.25) is 9.89 Å². The van der Waals surface area contributed by atoms with Crippen LogP contribution in [0, 0.1) is 0 Å². The van der Waals surface area contributed by atoms with Gasteiger partial charge in [-0.1, -0.05) is 6.07 Å². The summed E-state index contributed by atoms with van der Waals surface area (Å²) in [4.78, 5) is 26.8. The average molecular weight is 319 g/mol. The van der Waals surface area contributed by atoms with E-state index in [9.17, 15) is 9.59 Å². The van der Waals surface area contributed by atoms with Crippen LogP contribution in [0.3, 0.4) is 0 Å². The van der Waals surface area contributed by atoms with Crippen molar-refractivity contribution < 1.29 is 23.8 Å². The molecule has 1 amide bonds. The van der Waals surface area contributed by atoms with Gasteiger partial charge < -0.3 is 25.3 Å². The number of nitrogen functional groups attached to an aromatic ring is 1. The molecule has 0 aliphatic carbocycles. The molecule has 0 unspecified atom stereocenters. The second-order valence-corrected chi connectivity index (χ2v) is 4.58. The van der Waals surface area contributed by atoms with Crippen molar-refractivity contribution >= 4 is 17.8 Å². The first-order valence-electron chi connectivity index (χ1n) is 6.62. The number of aromatic amines is 1. The van der Waals surface area contributed by atoms with Crippen LogP contribution in [-0.2, 0) is 16.1 Å². The predicted octanol–water partition coefficient (Wildman–Crippen LogP) is -0.411. The van der Waals surface area contributed by atoms with Crippen molar-refractivity contribution in [3.05, 3.63) is 29.6 Å². The van der Waals surface area contributed by atoms with E-state index in [2.05, 4.69) is 20.5 Å². The zero-order valence-electron chi connectivity index (χ0n) is 11.9. The van der Waals surface area contributed by atoms with E-state index in [-0.39, 0.29) is 25.1 Å². The van der Waals surface area contributed by atoms with Crippen molar-refractivity contribution in [3.63, 3.8) is 0 Å². The minimum absolute atomic E-state index is 0.0794. The molecule has 1 aliphatic rings. The van der Waals surface area contributed by atoms with Gasteiger partial charge >= 0.3 is 5.97 Å². The molecule has 0 fully saturated rings. The molecule has 120 valence electrons. The standard InChI is InChI=1S/C13H13N5O5/c14-13-16-11(17-18-13)12(20)21-5-10(19)15-4-7-1-2-8-9(3-7)23-6-22-8/h1-3H,4-6H2,(H,15,19)(H3,14,16,17,18). The topological polar surface area (TPSA) is 141 Å². The summed E-state index contributed by atoms with van der Waals surface area (Å²) in [6, 6.07) is 5.33. The largest absolute Gasteiger partial charge is 0.454 e. The molecule has 1 aromatic carbocycles. The summed E-state index contributed by atoms with van der Waals surface area (Å²) in [7, 11) is 0. The average Bonchev–Trinajstić information content (AvgIpc) is 3.18. The van der Waals surface area contributed by atoms with Crippen molar-refractivity contribution in [1.29, 1.82) is 0 Å². The second-order valence-electron chi connectivity index (χ2n) is 4.58. The van der Waals surface area contributed by atoms with Gasteiger partial charge in [-0.05, 0) is 17.7 Å². The molecule has 10 heteroatoms. The molecule has 3 rings (SSSR count). The van der Waals surface area contributed by atoms with Crippen molar-refractivity contribution in [1.82, 2.24) is 20.5 Å². The number of hydrogen-bond acceptors (Lipinski definition) is 8. The summed E-state index contributed by atoms with van der Waals surface area (Å²) in [5.41, 5.74) is 6.09. The highest BCUT2D eigenvalue weighted by Gasteiger charge is 2.15. The van der Waals surface area contributed by atoms with Gasteiger partial charge in [0.15, 0.2) is 18.1 Å². The Balaban J connectivity index is 1.45. The molecule has 0 bridgehead atoms. The Morgan fingerprint density at radius 2 is 2.17 bits per heavy atom. The number of ether oxygens (including phenoxy) is 3. The molecule has 2 heterocycles. The third-order valence-electron chi connectivity index (χ3n) is 2.96. The molecule has 0 spiro atoms. The second kappa shape index (κ2) is 6.22. The first-order valence-corrected chi connectivity index (χ1v) is 6.62. The van der Waals surface area contributed by atoms with Crippen LogP contribution in [0.5, 0.6) is 11.5 Å². The lowest BCUT2D eigenvalue weighted by Gasteiger charge is -2.06. The number of H-pyrrole nitrogens is 1. The van der Waals surface area contributed by atoms with E-state index in [4.69, 9.17) is 19.9 Å². The summed E-state index contributed by atoms with van der Waals surface area (Å²) in [5, 5.41) is 8.40. The Hall–Kier alpha value is -3.30. The highest BCUT2D eigenvalue weighted by molar-refractivity contribution is 5.88. The number of anilines is 1. The lowest BCUT2D eigenvalue weighted by atomic mass is 10.2. The number of hydrogen-bond donors (Lipinski definition) is 3. The predicted molar refractivity (Wildman–Crippen MR) is 75.5 cm³/mol. The highest BCUT2D eigenvalue weighted by Crippen LogP contribution is 2.32. The van der Waals surface area contributed by atoms with Crippen LogP contribution in [-0.4, -0.2) is 40.5 Å². The molecule has 10 nitrogen and oxygen atoms in total. The van der Waals surface area contributed by atoms with E-state index >= 15 is 0 Å². The van der Waals surface area contributed by atoms with Crippen LogP contribution < -0.4 is 20.5 Å². The Labute approximate surface area is 129 Å². The number of nitrogens with zero attached hydrogens (tertiary/aromatic N) is 2. The molecule has 0 saturated heterocycles. The summed E-state index contributed by atoms with van der Waals surface area (Å²) in [5.74, 6) is -0.211. The molecule has 0 radical (unpaired) electrons. The van der Waals surface area contributed by atoms with Crippen LogP contribution in [0.2, 0.25) is 0 Å². The Morgan fingerprint density at radius 3 is 2.96 bits per heavy atom. The molecule has 4 N–H and O–H groups in total. The number of benzene rings is 1. The number of aromatic nitrogens is 3. The van der Waals surface area contributed by atoms with Crippen LogP contribution >= 0.6 is 0 Å². The van der Waals surface area contributed by atoms with E-state index in [1.807, 2.05) is 0 Å². The summed E-state index contributed by atoms with van der Waals surface area (Å²) < 4.78 is 15.2. The van der Waals surface area contributed by atoms with Gasteiger partial charge in [0.25, 0.3) is 5.91 Å². The smallest absolute Gasteiger partial charge is 0.376 e. The number of carbonyl (C=O) groups is 2. The van der Waals surface area contributed by atoms with Gasteiger partial charge in [0.2, 0.25) is 18.6 Å². The number of rotatable bonds is 5. The van der Waals surface area contributed by atoms with Gasteiger partial charge in [0.05, 0.1) is 0 Å². The van der Waals surface area contributed by atoms with E-state index in [0.29, 0.717) is 11.5 Å². The normalized spacial score (nSPS) is 12.0. The first kappa shape index (κ1) is 14.6. The zero-order valence-corrected chi connectivity index (χ0v) is 11.9. The van der Waals surface area contributed by atoms with E-state index in [1.165, 1.54) is 0 Å². The molecule has 23 heavy (non-hydrogen) atoms. The van der Waals surface area contributed by atoms with E-state index in [0.717, 1.165) is 5.56 Å². The first-order chi connectivity index (χ1) is 11.1. The number of nitrogens with one attached hydrogen (secondary N) is 2. The summed E-state index contributed by atoms with van der Waals surface area (Å²) in [6.07, 6.45) is 0. The number of fused-ring (bicyclic) bond motifs is 1. The van der Waals surface area contributed by atoms with Crippen molar-refractivity contribution in [3.8, 4) is 11.5 Å². The maximum Gasteiger partial charge on any atom is 0.376 e. The van der Waals surface area contributed by atoms with E-state index in [1.54, 1.807) is 18.2 Å². The maximum absolute atomic E-state index is 11.7. The molecular formula is C13H13N5O5. The van der Waals surface area contributed by atoms with Crippen LogP contribution in [0.25, 0.3) is 0 Å². The quantitative estimate of drug-likeness (QED) is 0.631. The highest BCUT2D eigenvalue weighted by atomic mass is 16.7. The van der Waals surface area contributed by atoms with Crippen molar-refractivity contribution in [2.45, 2.75) is 6.54 Å². The number of nitrogens with two attached hydrogens (primary N) is 1. The minimum Gasteiger partial charge on any atom is -0.454 e.